The van der Waals surface area contributed by atoms with Gasteiger partial charge < -0.3 is 0 Å². The lowest BCUT2D eigenvalue weighted by atomic mass is 9.75. The van der Waals surface area contributed by atoms with E-state index in [2.05, 4.69) is 13.2 Å². The van der Waals surface area contributed by atoms with Crippen LogP contribution < -0.4 is 0 Å². The predicted molar refractivity (Wildman–Crippen MR) is 69.8 cm³/mol. The maximum atomic E-state index is 12.0. The first-order valence-corrected chi connectivity index (χ1v) is 6.46. The Bertz CT molecular complexity index is 283. The lowest BCUT2D eigenvalue weighted by Gasteiger charge is -2.25. The topological polar surface area (TPSA) is 34.1 Å². The Morgan fingerprint density at radius 1 is 0.941 bits per heavy atom. The van der Waals surface area contributed by atoms with Gasteiger partial charge in [0.05, 0.1) is 5.41 Å². The summed E-state index contributed by atoms with van der Waals surface area (Å²) >= 11 is 0. The lowest BCUT2D eigenvalue weighted by molar-refractivity contribution is -0.136. The molecule has 17 heavy (non-hydrogen) atoms. The zero-order valence-electron chi connectivity index (χ0n) is 10.5. The van der Waals surface area contributed by atoms with Crippen molar-refractivity contribution >= 4 is 11.6 Å². The molecule has 0 amide bonds. The standard InChI is InChI=1S/C15H22O2/c1-3-5-7-11-15(12-8-6-4-2)13(16)9-10-14(15)17/h3-4H,1-2,5-12H2. The molecule has 0 spiro atoms. The van der Waals surface area contributed by atoms with Gasteiger partial charge in [-0.2, -0.15) is 0 Å². The molecule has 2 nitrogen and oxygen atoms in total. The lowest BCUT2D eigenvalue weighted by Crippen LogP contribution is -2.32. The summed E-state index contributed by atoms with van der Waals surface area (Å²) in [5.41, 5.74) is -0.661. The summed E-state index contributed by atoms with van der Waals surface area (Å²) in [5, 5.41) is 0. The van der Waals surface area contributed by atoms with Crippen molar-refractivity contribution in [2.24, 2.45) is 5.41 Å². The number of carbonyl (C=O) groups is 2. The van der Waals surface area contributed by atoms with E-state index in [0.717, 1.165) is 25.7 Å². The van der Waals surface area contributed by atoms with E-state index < -0.39 is 5.41 Å². The third kappa shape index (κ3) is 3.15. The number of unbranched alkanes of at least 4 members (excludes halogenated alkanes) is 2. The zero-order valence-corrected chi connectivity index (χ0v) is 10.5. The molecular weight excluding hydrogens is 212 g/mol. The number of ketones is 2. The highest BCUT2D eigenvalue weighted by Gasteiger charge is 2.47. The van der Waals surface area contributed by atoms with Gasteiger partial charge in [0.25, 0.3) is 0 Å². The first-order valence-electron chi connectivity index (χ1n) is 6.46. The molecule has 1 saturated carbocycles. The number of allylic oxidation sites excluding steroid dienone is 2. The Hall–Kier alpha value is -1.18. The molecule has 94 valence electrons. The maximum Gasteiger partial charge on any atom is 0.146 e. The van der Waals surface area contributed by atoms with Crippen molar-refractivity contribution in [3.05, 3.63) is 25.3 Å². The molecule has 0 aromatic heterocycles. The van der Waals surface area contributed by atoms with E-state index in [1.165, 1.54) is 0 Å². The minimum absolute atomic E-state index is 0.163. The SMILES string of the molecule is C=CCCCC1(CCCC=C)C(=O)CCC1=O. The third-order valence-corrected chi connectivity index (χ3v) is 3.67. The van der Waals surface area contributed by atoms with Gasteiger partial charge in [-0.05, 0) is 38.5 Å². The Morgan fingerprint density at radius 3 is 1.71 bits per heavy atom. The van der Waals surface area contributed by atoms with E-state index in [9.17, 15) is 9.59 Å². The molecule has 0 N–H and O–H groups in total. The van der Waals surface area contributed by atoms with Gasteiger partial charge >= 0.3 is 0 Å². The van der Waals surface area contributed by atoms with E-state index in [0.29, 0.717) is 25.7 Å². The number of hydrogen-bond donors (Lipinski definition) is 0. The number of Topliss-reactive ketones (excluding diaryl/α,β-unsaturated/α-hetero) is 2. The minimum atomic E-state index is -0.661. The summed E-state index contributed by atoms with van der Waals surface area (Å²) < 4.78 is 0. The van der Waals surface area contributed by atoms with E-state index in [1.54, 1.807) is 0 Å². The van der Waals surface area contributed by atoms with Gasteiger partial charge in [-0.25, -0.2) is 0 Å². The van der Waals surface area contributed by atoms with E-state index in [1.807, 2.05) is 12.2 Å². The predicted octanol–water partition coefficient (Wildman–Crippen LogP) is 3.62. The summed E-state index contributed by atoms with van der Waals surface area (Å²) in [5.74, 6) is 0.325. The normalized spacial score (nSPS) is 18.4. The Balaban J connectivity index is 2.68. The van der Waals surface area contributed by atoms with Crippen LogP contribution in [0.5, 0.6) is 0 Å². The fourth-order valence-corrected chi connectivity index (χ4v) is 2.64. The molecule has 0 aliphatic heterocycles. The largest absolute Gasteiger partial charge is 0.299 e. The van der Waals surface area contributed by atoms with Crippen LogP contribution >= 0.6 is 0 Å². The molecule has 1 rings (SSSR count). The third-order valence-electron chi connectivity index (χ3n) is 3.67. The molecule has 2 heteroatoms. The summed E-state index contributed by atoms with van der Waals surface area (Å²) in [7, 11) is 0. The maximum absolute atomic E-state index is 12.0. The zero-order chi connectivity index (χ0) is 12.7. The van der Waals surface area contributed by atoms with Gasteiger partial charge in [-0.1, -0.05) is 12.2 Å². The highest BCUT2D eigenvalue weighted by molar-refractivity contribution is 6.12. The van der Waals surface area contributed by atoms with Gasteiger partial charge in [-0.15, -0.1) is 13.2 Å². The molecule has 1 fully saturated rings. The molecule has 1 aliphatic rings. The van der Waals surface area contributed by atoms with Crippen LogP contribution in [0, 0.1) is 5.41 Å². The first kappa shape index (κ1) is 13.9. The van der Waals surface area contributed by atoms with Crippen molar-refractivity contribution in [1.29, 1.82) is 0 Å². The number of carbonyl (C=O) groups excluding carboxylic acids is 2. The van der Waals surface area contributed by atoms with Crippen LogP contribution in [0.4, 0.5) is 0 Å². The van der Waals surface area contributed by atoms with Crippen LogP contribution in [0.3, 0.4) is 0 Å². The molecule has 0 aromatic rings. The average molecular weight is 234 g/mol. The Labute approximate surface area is 104 Å². The molecule has 0 aromatic carbocycles. The van der Waals surface area contributed by atoms with Crippen LogP contribution in [0.25, 0.3) is 0 Å². The second-order valence-electron chi connectivity index (χ2n) is 4.79. The molecule has 0 unspecified atom stereocenters. The fraction of sp³-hybridized carbons (Fsp3) is 0.600. The monoisotopic (exact) mass is 234 g/mol. The molecule has 0 heterocycles. The summed E-state index contributed by atoms with van der Waals surface area (Å²) in [4.78, 5) is 24.0. The van der Waals surface area contributed by atoms with Crippen LogP contribution in [0.1, 0.15) is 51.4 Å². The van der Waals surface area contributed by atoms with Crippen molar-refractivity contribution in [2.45, 2.75) is 51.4 Å². The molecule has 0 atom stereocenters. The van der Waals surface area contributed by atoms with E-state index in [4.69, 9.17) is 0 Å². The summed E-state index contributed by atoms with van der Waals surface area (Å²) in [6.07, 6.45) is 9.52. The highest BCUT2D eigenvalue weighted by atomic mass is 16.2. The average Bonchev–Trinajstić information content (AvgIpc) is 2.59. The smallest absolute Gasteiger partial charge is 0.146 e. The molecule has 0 saturated heterocycles. The van der Waals surface area contributed by atoms with E-state index >= 15 is 0 Å². The van der Waals surface area contributed by atoms with Gasteiger partial charge in [0.1, 0.15) is 11.6 Å². The van der Waals surface area contributed by atoms with Gasteiger partial charge in [0, 0.05) is 12.8 Å². The highest BCUT2D eigenvalue weighted by Crippen LogP contribution is 2.40. The van der Waals surface area contributed by atoms with Crippen molar-refractivity contribution in [3.63, 3.8) is 0 Å². The first-order chi connectivity index (χ1) is 8.17. The second kappa shape index (κ2) is 6.53. The van der Waals surface area contributed by atoms with Crippen LogP contribution in [0.2, 0.25) is 0 Å². The van der Waals surface area contributed by atoms with Crippen molar-refractivity contribution in [3.8, 4) is 0 Å². The minimum Gasteiger partial charge on any atom is -0.299 e. The second-order valence-corrected chi connectivity index (χ2v) is 4.79. The molecule has 0 radical (unpaired) electrons. The van der Waals surface area contributed by atoms with Crippen LogP contribution in [0.15, 0.2) is 25.3 Å². The quantitative estimate of drug-likeness (QED) is 0.365. The Kier molecular flexibility index (Phi) is 5.33. The van der Waals surface area contributed by atoms with Crippen molar-refractivity contribution in [2.75, 3.05) is 0 Å². The molecular formula is C15H22O2. The van der Waals surface area contributed by atoms with Gasteiger partial charge in [0.2, 0.25) is 0 Å². The van der Waals surface area contributed by atoms with Crippen LogP contribution in [-0.4, -0.2) is 11.6 Å². The van der Waals surface area contributed by atoms with Crippen molar-refractivity contribution < 1.29 is 9.59 Å². The van der Waals surface area contributed by atoms with Gasteiger partial charge in [0.15, 0.2) is 0 Å². The van der Waals surface area contributed by atoms with E-state index in [-0.39, 0.29) is 11.6 Å². The summed E-state index contributed by atoms with van der Waals surface area (Å²) in [6.45, 7) is 7.36. The number of hydrogen-bond acceptors (Lipinski definition) is 2. The summed E-state index contributed by atoms with van der Waals surface area (Å²) in [6, 6.07) is 0. The van der Waals surface area contributed by atoms with Gasteiger partial charge in [-0.3, -0.25) is 9.59 Å². The molecule has 1 aliphatic carbocycles. The Morgan fingerprint density at radius 2 is 1.35 bits per heavy atom. The van der Waals surface area contributed by atoms with Crippen molar-refractivity contribution in [1.82, 2.24) is 0 Å². The number of rotatable bonds is 8. The van der Waals surface area contributed by atoms with Crippen LogP contribution in [-0.2, 0) is 9.59 Å². The molecule has 0 bridgehead atoms. The fourth-order valence-electron chi connectivity index (χ4n) is 2.64.